The highest BCUT2D eigenvalue weighted by Gasteiger charge is 2.53. The second-order valence-corrected chi connectivity index (χ2v) is 21.6. The van der Waals surface area contributed by atoms with Gasteiger partial charge in [-0.25, -0.2) is 13.4 Å². The number of H-pyrrole nitrogens is 1. The van der Waals surface area contributed by atoms with Gasteiger partial charge in [0.2, 0.25) is 9.84 Å². The molecule has 0 fully saturated rings. The third-order valence-electron chi connectivity index (χ3n) is 9.16. The molecule has 2 N–H and O–H groups in total. The van der Waals surface area contributed by atoms with E-state index in [2.05, 4.69) is 30.7 Å². The van der Waals surface area contributed by atoms with Crippen LogP contribution in [-0.4, -0.2) is 42.7 Å². The number of nitrogens with zero attached hydrogens (tertiary/aromatic N) is 3. The fourth-order valence-electron chi connectivity index (χ4n) is 6.45. The summed E-state index contributed by atoms with van der Waals surface area (Å²) in [6.45, 7) is 13.1. The maximum atomic E-state index is 15.3. The second-order valence-electron chi connectivity index (χ2n) is 13.9. The quantitative estimate of drug-likeness (QED) is 0.104. The van der Waals surface area contributed by atoms with E-state index in [1.165, 1.54) is 12.1 Å². The van der Waals surface area contributed by atoms with Gasteiger partial charge in [-0.3, -0.25) is 0 Å². The molecule has 0 radical (unpaired) electrons. The highest BCUT2D eigenvalue weighted by Crippen LogP contribution is 2.48. The van der Waals surface area contributed by atoms with Crippen LogP contribution in [0.1, 0.15) is 40.6 Å². The van der Waals surface area contributed by atoms with Crippen LogP contribution in [0.25, 0.3) is 33.1 Å². The summed E-state index contributed by atoms with van der Waals surface area (Å²) in [5.74, 6) is -0.0915. The molecule has 0 saturated heterocycles. The maximum Gasteiger partial charge on any atom is 0.256 e. The largest absolute Gasteiger partial charge is 0.365 e. The zero-order valence-corrected chi connectivity index (χ0v) is 30.6. The number of aliphatic hydroxyl groups is 1. The number of aromatic nitrogens is 3. The Morgan fingerprint density at radius 3 is 2.39 bits per heavy atom. The van der Waals surface area contributed by atoms with Gasteiger partial charge in [0.25, 0.3) is 4.93 Å². The van der Waals surface area contributed by atoms with E-state index in [1.54, 1.807) is 34.9 Å². The summed E-state index contributed by atoms with van der Waals surface area (Å²) in [7, 11) is -6.07. The fourth-order valence-corrected chi connectivity index (χ4v) is 8.94. The van der Waals surface area contributed by atoms with E-state index in [1.807, 2.05) is 63.4 Å². The summed E-state index contributed by atoms with van der Waals surface area (Å²) in [5.41, 5.74) is 6.42. The maximum absolute atomic E-state index is 15.3. The number of hydrogen-bond acceptors (Lipinski definition) is 6. The van der Waals surface area contributed by atoms with Crippen LogP contribution in [0.2, 0.25) is 25.7 Å². The van der Waals surface area contributed by atoms with Gasteiger partial charge in [-0.1, -0.05) is 80.7 Å². The zero-order chi connectivity index (χ0) is 35.1. The molecule has 1 atom stereocenters. The topological polar surface area (TPSA) is 121 Å². The van der Waals surface area contributed by atoms with Crippen molar-refractivity contribution in [2.45, 2.75) is 69.4 Å². The normalized spacial score (nSPS) is 13.5. The molecule has 0 saturated carbocycles. The third-order valence-corrected chi connectivity index (χ3v) is 12.9. The monoisotopic (exact) mass is 690 g/mol. The van der Waals surface area contributed by atoms with E-state index in [4.69, 9.17) is 9.72 Å². The zero-order valence-electron chi connectivity index (χ0n) is 28.8. The summed E-state index contributed by atoms with van der Waals surface area (Å²) in [6.07, 6.45) is 2.32. The highest BCUT2D eigenvalue weighted by atomic mass is 32.2. The van der Waals surface area contributed by atoms with Gasteiger partial charge in [0.05, 0.1) is 27.6 Å². The lowest BCUT2D eigenvalue weighted by atomic mass is 9.89. The number of aryl methyl sites for hydroxylation is 3. The summed E-state index contributed by atoms with van der Waals surface area (Å²) in [5, 5.41) is 23.9. The molecule has 0 aliphatic rings. The number of imidazole rings is 1. The molecule has 2 aromatic heterocycles. The van der Waals surface area contributed by atoms with E-state index in [0.717, 1.165) is 33.8 Å². The molecule has 0 aliphatic carbocycles. The number of benzene rings is 4. The minimum atomic E-state index is -4.63. The molecular weight excluding hydrogens is 649 g/mol. The average Bonchev–Trinajstić information content (AvgIpc) is 3.69. The Hall–Kier alpha value is -4.53. The lowest BCUT2D eigenvalue weighted by molar-refractivity contribution is 0.0761. The van der Waals surface area contributed by atoms with E-state index < -0.39 is 22.8 Å². The van der Waals surface area contributed by atoms with Crippen molar-refractivity contribution < 1.29 is 18.3 Å². The first-order valence-corrected chi connectivity index (χ1v) is 21.7. The van der Waals surface area contributed by atoms with Crippen molar-refractivity contribution in [2.75, 3.05) is 6.61 Å². The van der Waals surface area contributed by atoms with Gasteiger partial charge < -0.3 is 19.4 Å². The third kappa shape index (κ3) is 6.12. The molecule has 49 heavy (non-hydrogen) atoms. The van der Waals surface area contributed by atoms with E-state index in [0.29, 0.717) is 40.6 Å². The summed E-state index contributed by atoms with van der Waals surface area (Å²) in [4.78, 5) is 5.57. The smallest absolute Gasteiger partial charge is 0.256 e. The Labute approximate surface area is 289 Å². The molecule has 0 aliphatic heterocycles. The molecule has 4 aromatic carbocycles. The highest BCUT2D eigenvalue weighted by molar-refractivity contribution is 7.92. The molecule has 10 heteroatoms. The molecule has 6 rings (SSSR count). The Balaban J connectivity index is 1.75. The molecular formula is C39H42N4O4SSi. The van der Waals surface area contributed by atoms with Crippen LogP contribution >= 0.6 is 0 Å². The molecule has 0 bridgehead atoms. The minimum Gasteiger partial charge on any atom is -0.365 e. The average molecular weight is 691 g/mol. The van der Waals surface area contributed by atoms with Crippen LogP contribution in [0.3, 0.4) is 0 Å². The number of nitrogens with one attached hydrogen (secondary N) is 1. The van der Waals surface area contributed by atoms with Crippen molar-refractivity contribution in [1.29, 1.82) is 5.26 Å². The first-order valence-electron chi connectivity index (χ1n) is 16.5. The number of rotatable bonds is 11. The van der Waals surface area contributed by atoms with Crippen molar-refractivity contribution in [2.24, 2.45) is 0 Å². The summed E-state index contributed by atoms with van der Waals surface area (Å²) in [6, 6.07) is 26.3. The van der Waals surface area contributed by atoms with Gasteiger partial charge in [-0.2, -0.15) is 5.26 Å². The lowest BCUT2D eigenvalue weighted by Gasteiger charge is -2.32. The Morgan fingerprint density at radius 1 is 1.02 bits per heavy atom. The standard InChI is InChI=1S/C39H42N4O4SSi/c1-7-29-21-27(3)37-35(32(24-41-37)30-11-9-8-10-12-30)36(29)39(44,48(45,46)31-16-13-26(2)14-17-31)38-42-33-22-28(23-40)15-18-34(33)43(38)25-47-19-20-49(4,5)6/h8-18,21-22,24,41,44H,7,19-20,25H2,1-6H3. The van der Waals surface area contributed by atoms with Crippen LogP contribution < -0.4 is 0 Å². The number of aromatic amines is 1. The lowest BCUT2D eigenvalue weighted by Crippen LogP contribution is -2.41. The van der Waals surface area contributed by atoms with Gasteiger partial charge in [0, 0.05) is 42.9 Å². The first-order chi connectivity index (χ1) is 23.3. The predicted octanol–water partition coefficient (Wildman–Crippen LogP) is 8.22. The second kappa shape index (κ2) is 13.1. The number of nitriles is 1. The minimum absolute atomic E-state index is 0.0378. The van der Waals surface area contributed by atoms with Crippen molar-refractivity contribution >= 4 is 39.8 Å². The summed E-state index contributed by atoms with van der Waals surface area (Å²) >= 11 is 0. The van der Waals surface area contributed by atoms with Crippen molar-refractivity contribution in [3.8, 4) is 17.2 Å². The van der Waals surface area contributed by atoms with Gasteiger partial charge in [0.1, 0.15) is 6.73 Å². The number of fused-ring (bicyclic) bond motifs is 2. The van der Waals surface area contributed by atoms with Gasteiger partial charge in [-0.05, 0) is 73.3 Å². The molecule has 1 unspecified atom stereocenters. The first kappa shape index (κ1) is 34.3. The Bertz CT molecular complexity index is 2320. The molecule has 6 aromatic rings. The van der Waals surface area contributed by atoms with Crippen LogP contribution in [0.5, 0.6) is 0 Å². The predicted molar refractivity (Wildman–Crippen MR) is 198 cm³/mol. The SMILES string of the molecule is CCc1cc(C)c2[nH]cc(-c3ccccc3)c2c1C(O)(c1nc2cc(C#N)ccc2n1COCC[Si](C)(C)C)S(=O)(=O)c1ccc(C)cc1. The van der Waals surface area contributed by atoms with Crippen LogP contribution in [0.4, 0.5) is 0 Å². The van der Waals surface area contributed by atoms with Gasteiger partial charge in [-0.15, -0.1) is 0 Å². The van der Waals surface area contributed by atoms with Crippen LogP contribution in [0, 0.1) is 25.2 Å². The number of sulfone groups is 1. The van der Waals surface area contributed by atoms with E-state index in [-0.39, 0.29) is 23.0 Å². The fraction of sp³-hybridized carbons (Fsp3) is 0.282. The van der Waals surface area contributed by atoms with Crippen molar-refractivity contribution in [3.63, 3.8) is 0 Å². The van der Waals surface area contributed by atoms with E-state index in [9.17, 15) is 10.4 Å². The summed E-state index contributed by atoms with van der Waals surface area (Å²) < 4.78 is 38.6. The molecule has 0 spiro atoms. The Morgan fingerprint density at radius 2 is 1.73 bits per heavy atom. The van der Waals surface area contributed by atoms with Crippen LogP contribution in [0.15, 0.2) is 90.0 Å². The molecule has 0 amide bonds. The van der Waals surface area contributed by atoms with Crippen LogP contribution in [-0.2, 0) is 32.7 Å². The number of hydrogen-bond donors (Lipinski definition) is 2. The van der Waals surface area contributed by atoms with Crippen molar-refractivity contribution in [3.05, 3.63) is 119 Å². The van der Waals surface area contributed by atoms with Gasteiger partial charge in [0.15, 0.2) is 5.82 Å². The molecule has 8 nitrogen and oxygen atoms in total. The Kier molecular flexibility index (Phi) is 9.15. The van der Waals surface area contributed by atoms with Gasteiger partial charge >= 0.3 is 0 Å². The number of ether oxygens (including phenoxy) is 1. The molecule has 252 valence electrons. The molecule has 2 heterocycles. The van der Waals surface area contributed by atoms with Crippen molar-refractivity contribution in [1.82, 2.24) is 14.5 Å². The van der Waals surface area contributed by atoms with E-state index >= 15 is 8.42 Å².